The van der Waals surface area contributed by atoms with Crippen LogP contribution in [0.3, 0.4) is 0 Å². The molecule has 6 nitrogen and oxygen atoms in total. The van der Waals surface area contributed by atoms with Gasteiger partial charge in [-0.05, 0) is 12.1 Å². The standard InChI is InChI=1S/C13H18N2O4/c1-13(2)18-10-4-3-9(7-11(10)19-13)15-12(16)8-17-6-5-14/h3-4,7H,5-6,8,14H2,1-2H3,(H,15,16). The maximum absolute atomic E-state index is 11.6. The van der Waals surface area contributed by atoms with Crippen molar-refractivity contribution in [3.63, 3.8) is 0 Å². The van der Waals surface area contributed by atoms with Crippen LogP contribution in [0, 0.1) is 0 Å². The van der Waals surface area contributed by atoms with Crippen molar-refractivity contribution in [1.82, 2.24) is 0 Å². The lowest BCUT2D eigenvalue weighted by atomic mass is 10.3. The summed E-state index contributed by atoms with van der Waals surface area (Å²) in [5, 5.41) is 2.72. The molecule has 0 fully saturated rings. The van der Waals surface area contributed by atoms with Gasteiger partial charge in [0.25, 0.3) is 0 Å². The Morgan fingerprint density at radius 3 is 2.84 bits per heavy atom. The molecule has 0 spiro atoms. The van der Waals surface area contributed by atoms with Crippen molar-refractivity contribution < 1.29 is 19.0 Å². The highest BCUT2D eigenvalue weighted by atomic mass is 16.7. The molecule has 3 N–H and O–H groups in total. The lowest BCUT2D eigenvalue weighted by molar-refractivity contribution is -0.120. The summed E-state index contributed by atoms with van der Waals surface area (Å²) < 4.78 is 16.2. The monoisotopic (exact) mass is 266 g/mol. The van der Waals surface area contributed by atoms with Gasteiger partial charge in [0.1, 0.15) is 6.61 Å². The number of hydrogen-bond acceptors (Lipinski definition) is 5. The normalized spacial score (nSPS) is 15.3. The van der Waals surface area contributed by atoms with Gasteiger partial charge >= 0.3 is 0 Å². The summed E-state index contributed by atoms with van der Waals surface area (Å²) in [5.41, 5.74) is 5.91. The molecular formula is C13H18N2O4. The van der Waals surface area contributed by atoms with Crippen molar-refractivity contribution in [1.29, 1.82) is 0 Å². The predicted octanol–water partition coefficient (Wildman–Crippen LogP) is 1.11. The number of hydrogen-bond donors (Lipinski definition) is 2. The summed E-state index contributed by atoms with van der Waals surface area (Å²) >= 11 is 0. The highest BCUT2D eigenvalue weighted by Crippen LogP contribution is 2.40. The van der Waals surface area contributed by atoms with Crippen LogP contribution in [0.4, 0.5) is 5.69 Å². The Kier molecular flexibility index (Phi) is 3.92. The number of carbonyl (C=O) groups excluding carboxylic acids is 1. The molecule has 0 unspecified atom stereocenters. The molecule has 1 amide bonds. The third-order valence-corrected chi connectivity index (χ3v) is 2.43. The summed E-state index contributed by atoms with van der Waals surface area (Å²) in [6, 6.07) is 5.25. The van der Waals surface area contributed by atoms with E-state index in [2.05, 4.69) is 5.32 Å². The van der Waals surface area contributed by atoms with Gasteiger partial charge < -0.3 is 25.3 Å². The van der Waals surface area contributed by atoms with Crippen LogP contribution in [0.1, 0.15) is 13.8 Å². The van der Waals surface area contributed by atoms with Crippen LogP contribution < -0.4 is 20.5 Å². The zero-order chi connectivity index (χ0) is 13.9. The van der Waals surface area contributed by atoms with Gasteiger partial charge in [-0.3, -0.25) is 4.79 Å². The maximum atomic E-state index is 11.6. The fourth-order valence-corrected chi connectivity index (χ4v) is 1.75. The highest BCUT2D eigenvalue weighted by molar-refractivity contribution is 5.92. The summed E-state index contributed by atoms with van der Waals surface area (Å²) in [7, 11) is 0. The Labute approximate surface area is 111 Å². The second-order valence-electron chi connectivity index (χ2n) is 4.65. The smallest absolute Gasteiger partial charge is 0.250 e. The summed E-state index contributed by atoms with van der Waals surface area (Å²) in [6.07, 6.45) is 0. The van der Waals surface area contributed by atoms with E-state index in [1.807, 2.05) is 13.8 Å². The van der Waals surface area contributed by atoms with Gasteiger partial charge in [0, 0.05) is 32.1 Å². The first-order valence-electron chi connectivity index (χ1n) is 6.10. The number of fused-ring (bicyclic) bond motifs is 1. The first-order valence-corrected chi connectivity index (χ1v) is 6.10. The Bertz CT molecular complexity index is 474. The molecule has 1 aromatic carbocycles. The third-order valence-electron chi connectivity index (χ3n) is 2.43. The van der Waals surface area contributed by atoms with Crippen molar-refractivity contribution in [2.24, 2.45) is 5.73 Å². The Morgan fingerprint density at radius 1 is 1.37 bits per heavy atom. The van der Waals surface area contributed by atoms with E-state index < -0.39 is 5.79 Å². The van der Waals surface area contributed by atoms with Gasteiger partial charge in [-0.15, -0.1) is 0 Å². The Morgan fingerprint density at radius 2 is 2.11 bits per heavy atom. The number of rotatable bonds is 5. The molecule has 1 aliphatic heterocycles. The second kappa shape index (κ2) is 5.46. The molecule has 6 heteroatoms. The van der Waals surface area contributed by atoms with Crippen molar-refractivity contribution in [2.45, 2.75) is 19.6 Å². The predicted molar refractivity (Wildman–Crippen MR) is 70.3 cm³/mol. The lowest BCUT2D eigenvalue weighted by Gasteiger charge is -2.16. The number of carbonyl (C=O) groups is 1. The van der Waals surface area contributed by atoms with Crippen molar-refractivity contribution in [3.8, 4) is 11.5 Å². The molecule has 104 valence electrons. The van der Waals surface area contributed by atoms with E-state index in [9.17, 15) is 4.79 Å². The molecule has 0 saturated heterocycles. The number of ether oxygens (including phenoxy) is 3. The fourth-order valence-electron chi connectivity index (χ4n) is 1.75. The molecule has 0 aliphatic carbocycles. The number of amides is 1. The summed E-state index contributed by atoms with van der Waals surface area (Å²) in [6.45, 7) is 4.39. The molecule has 0 saturated carbocycles. The third kappa shape index (κ3) is 3.59. The first-order chi connectivity index (χ1) is 9.00. The second-order valence-corrected chi connectivity index (χ2v) is 4.65. The quantitative estimate of drug-likeness (QED) is 0.780. The SMILES string of the molecule is CC1(C)Oc2ccc(NC(=O)COCCN)cc2O1. The van der Waals surface area contributed by atoms with E-state index in [1.54, 1.807) is 18.2 Å². The van der Waals surface area contributed by atoms with Crippen LogP contribution in [-0.4, -0.2) is 31.5 Å². The van der Waals surface area contributed by atoms with Crippen molar-refractivity contribution >= 4 is 11.6 Å². The zero-order valence-corrected chi connectivity index (χ0v) is 11.1. The Balaban J connectivity index is 1.95. The molecule has 0 bridgehead atoms. The van der Waals surface area contributed by atoms with Crippen LogP contribution in [0.2, 0.25) is 0 Å². The van der Waals surface area contributed by atoms with Crippen LogP contribution in [-0.2, 0) is 9.53 Å². The highest BCUT2D eigenvalue weighted by Gasteiger charge is 2.31. The van der Waals surface area contributed by atoms with Gasteiger partial charge in [-0.2, -0.15) is 0 Å². The molecule has 0 aromatic heterocycles. The molecular weight excluding hydrogens is 248 g/mol. The van der Waals surface area contributed by atoms with E-state index in [0.717, 1.165) is 0 Å². The molecule has 1 heterocycles. The van der Waals surface area contributed by atoms with E-state index in [1.165, 1.54) is 0 Å². The van der Waals surface area contributed by atoms with Crippen molar-refractivity contribution in [2.75, 3.05) is 25.1 Å². The minimum absolute atomic E-state index is 0.0167. The van der Waals surface area contributed by atoms with Gasteiger partial charge in [-0.25, -0.2) is 0 Å². The topological polar surface area (TPSA) is 82.8 Å². The van der Waals surface area contributed by atoms with Gasteiger partial charge in [0.15, 0.2) is 11.5 Å². The largest absolute Gasteiger partial charge is 0.449 e. The van der Waals surface area contributed by atoms with Gasteiger partial charge in [0.2, 0.25) is 11.7 Å². The molecule has 19 heavy (non-hydrogen) atoms. The fraction of sp³-hybridized carbons (Fsp3) is 0.462. The van der Waals surface area contributed by atoms with Crippen molar-refractivity contribution in [3.05, 3.63) is 18.2 Å². The molecule has 1 aliphatic rings. The summed E-state index contributed by atoms with van der Waals surface area (Å²) in [4.78, 5) is 11.6. The lowest BCUT2D eigenvalue weighted by Crippen LogP contribution is -2.29. The van der Waals surface area contributed by atoms with E-state index in [-0.39, 0.29) is 12.5 Å². The van der Waals surface area contributed by atoms with E-state index in [4.69, 9.17) is 19.9 Å². The molecule has 0 atom stereocenters. The average molecular weight is 266 g/mol. The zero-order valence-electron chi connectivity index (χ0n) is 11.1. The number of nitrogens with two attached hydrogens (primary N) is 1. The minimum atomic E-state index is -0.671. The van der Waals surface area contributed by atoms with Gasteiger partial charge in [0.05, 0.1) is 6.61 Å². The average Bonchev–Trinajstić information content (AvgIpc) is 2.62. The first kappa shape index (κ1) is 13.6. The van der Waals surface area contributed by atoms with E-state index in [0.29, 0.717) is 30.3 Å². The minimum Gasteiger partial charge on any atom is -0.449 e. The molecule has 2 rings (SSSR count). The van der Waals surface area contributed by atoms with Crippen LogP contribution in [0.25, 0.3) is 0 Å². The molecule has 1 aromatic rings. The Hall–Kier alpha value is -1.79. The van der Waals surface area contributed by atoms with Gasteiger partial charge in [-0.1, -0.05) is 0 Å². The number of nitrogens with one attached hydrogen (secondary N) is 1. The molecule has 0 radical (unpaired) electrons. The van der Waals surface area contributed by atoms with Crippen LogP contribution in [0.5, 0.6) is 11.5 Å². The maximum Gasteiger partial charge on any atom is 0.250 e. The van der Waals surface area contributed by atoms with E-state index >= 15 is 0 Å². The number of anilines is 1. The van der Waals surface area contributed by atoms with Crippen LogP contribution >= 0.6 is 0 Å². The number of benzene rings is 1. The summed E-state index contributed by atoms with van der Waals surface area (Å²) in [5.74, 6) is 0.384. The van der Waals surface area contributed by atoms with Crippen LogP contribution in [0.15, 0.2) is 18.2 Å².